The van der Waals surface area contributed by atoms with E-state index < -0.39 is 5.54 Å². The zero-order chi connectivity index (χ0) is 14.1. The number of hydrogen-bond acceptors (Lipinski definition) is 5. The molecule has 0 saturated heterocycles. The van der Waals surface area contributed by atoms with Crippen LogP contribution in [0.25, 0.3) is 0 Å². The SMILES string of the molecule is COC1(Cc2nc(C3(N)CCCCCC3)no2)CCC1. The average Bonchev–Trinajstić information content (AvgIpc) is 2.76. The molecule has 112 valence electrons. The van der Waals surface area contributed by atoms with Crippen LogP contribution in [0.5, 0.6) is 0 Å². The number of aromatic nitrogens is 2. The van der Waals surface area contributed by atoms with Crippen LogP contribution in [0.4, 0.5) is 0 Å². The van der Waals surface area contributed by atoms with Crippen molar-refractivity contribution in [2.45, 2.75) is 75.3 Å². The fraction of sp³-hybridized carbons (Fsp3) is 0.867. The second-order valence-electron chi connectivity index (χ2n) is 6.50. The minimum absolute atomic E-state index is 0.0744. The molecule has 5 heteroatoms. The zero-order valence-electron chi connectivity index (χ0n) is 12.4. The van der Waals surface area contributed by atoms with Gasteiger partial charge >= 0.3 is 0 Å². The molecule has 2 N–H and O–H groups in total. The summed E-state index contributed by atoms with van der Waals surface area (Å²) in [6.45, 7) is 0. The second-order valence-corrected chi connectivity index (χ2v) is 6.50. The van der Waals surface area contributed by atoms with Crippen molar-refractivity contribution in [3.05, 3.63) is 11.7 Å². The minimum atomic E-state index is -0.391. The maximum atomic E-state index is 6.52. The van der Waals surface area contributed by atoms with E-state index in [1.165, 1.54) is 19.3 Å². The van der Waals surface area contributed by atoms with E-state index in [1.54, 1.807) is 7.11 Å². The van der Waals surface area contributed by atoms with E-state index in [0.29, 0.717) is 18.1 Å². The highest BCUT2D eigenvalue weighted by Crippen LogP contribution is 2.38. The van der Waals surface area contributed by atoms with Gasteiger partial charge < -0.3 is 15.0 Å². The van der Waals surface area contributed by atoms with Gasteiger partial charge in [-0.3, -0.25) is 0 Å². The third-order valence-electron chi connectivity index (χ3n) is 5.08. The Morgan fingerprint density at radius 3 is 2.35 bits per heavy atom. The maximum absolute atomic E-state index is 6.52. The van der Waals surface area contributed by atoms with Gasteiger partial charge in [0.15, 0.2) is 5.82 Å². The minimum Gasteiger partial charge on any atom is -0.378 e. The van der Waals surface area contributed by atoms with Crippen molar-refractivity contribution < 1.29 is 9.26 Å². The molecule has 1 aromatic heterocycles. The molecular weight excluding hydrogens is 254 g/mol. The molecule has 0 amide bonds. The Kier molecular flexibility index (Phi) is 3.82. The summed E-state index contributed by atoms with van der Waals surface area (Å²) in [7, 11) is 1.77. The van der Waals surface area contributed by atoms with Crippen LogP contribution >= 0.6 is 0 Å². The van der Waals surface area contributed by atoms with Gasteiger partial charge in [-0.05, 0) is 32.1 Å². The highest BCUT2D eigenvalue weighted by molar-refractivity contribution is 5.06. The van der Waals surface area contributed by atoms with Gasteiger partial charge in [-0.2, -0.15) is 4.98 Å². The first-order valence-electron chi connectivity index (χ1n) is 7.83. The Morgan fingerprint density at radius 2 is 1.80 bits per heavy atom. The van der Waals surface area contributed by atoms with E-state index in [2.05, 4.69) is 10.1 Å². The summed E-state index contributed by atoms with van der Waals surface area (Å²) in [6, 6.07) is 0. The monoisotopic (exact) mass is 279 g/mol. The van der Waals surface area contributed by atoms with Gasteiger partial charge in [-0.25, -0.2) is 0 Å². The van der Waals surface area contributed by atoms with Crippen LogP contribution in [0.3, 0.4) is 0 Å². The van der Waals surface area contributed by atoms with Crippen molar-refractivity contribution in [2.24, 2.45) is 5.73 Å². The smallest absolute Gasteiger partial charge is 0.229 e. The number of ether oxygens (including phenoxy) is 1. The molecule has 20 heavy (non-hydrogen) atoms. The van der Waals surface area contributed by atoms with Crippen LogP contribution in [0.2, 0.25) is 0 Å². The molecule has 2 aliphatic carbocycles. The largest absolute Gasteiger partial charge is 0.378 e. The predicted molar refractivity (Wildman–Crippen MR) is 75.2 cm³/mol. The Labute approximate surface area is 120 Å². The second kappa shape index (κ2) is 5.45. The summed E-state index contributed by atoms with van der Waals surface area (Å²) < 4.78 is 11.1. The molecule has 2 saturated carbocycles. The first kappa shape index (κ1) is 14.0. The van der Waals surface area contributed by atoms with Crippen molar-refractivity contribution in [1.82, 2.24) is 10.1 Å². The molecule has 0 bridgehead atoms. The molecule has 0 aliphatic heterocycles. The predicted octanol–water partition coefficient (Wildman–Crippen LogP) is 2.69. The van der Waals surface area contributed by atoms with Gasteiger partial charge in [0.25, 0.3) is 0 Å². The molecule has 3 rings (SSSR count). The molecular formula is C15H25N3O2. The summed E-state index contributed by atoms with van der Waals surface area (Å²) in [5.74, 6) is 1.37. The number of nitrogens with zero attached hydrogens (tertiary/aromatic N) is 2. The van der Waals surface area contributed by atoms with Gasteiger partial charge in [0.2, 0.25) is 5.89 Å². The van der Waals surface area contributed by atoms with Crippen LogP contribution < -0.4 is 5.73 Å². The fourth-order valence-electron chi connectivity index (χ4n) is 3.41. The molecule has 2 fully saturated rings. The molecule has 0 radical (unpaired) electrons. The van der Waals surface area contributed by atoms with Gasteiger partial charge in [-0.15, -0.1) is 0 Å². The third kappa shape index (κ3) is 2.61. The van der Waals surface area contributed by atoms with Crippen LogP contribution in [-0.4, -0.2) is 22.9 Å². The Hall–Kier alpha value is -0.940. The van der Waals surface area contributed by atoms with Gasteiger partial charge in [0.1, 0.15) is 0 Å². The third-order valence-corrected chi connectivity index (χ3v) is 5.08. The summed E-state index contributed by atoms with van der Waals surface area (Å²) in [6.07, 6.45) is 10.8. The zero-order valence-corrected chi connectivity index (χ0v) is 12.4. The summed E-state index contributed by atoms with van der Waals surface area (Å²) in [5.41, 5.74) is 6.06. The first-order valence-corrected chi connectivity index (χ1v) is 7.83. The lowest BCUT2D eigenvalue weighted by atomic mass is 9.77. The topological polar surface area (TPSA) is 74.2 Å². The van der Waals surface area contributed by atoms with E-state index in [4.69, 9.17) is 15.0 Å². The Bertz CT molecular complexity index is 440. The van der Waals surface area contributed by atoms with Crippen molar-refractivity contribution in [3.8, 4) is 0 Å². The number of nitrogens with two attached hydrogens (primary N) is 1. The molecule has 2 aliphatic rings. The average molecular weight is 279 g/mol. The van der Waals surface area contributed by atoms with Crippen LogP contribution in [0, 0.1) is 0 Å². The number of hydrogen-bond donors (Lipinski definition) is 1. The summed E-state index contributed by atoms with van der Waals surface area (Å²) >= 11 is 0. The lowest BCUT2D eigenvalue weighted by Crippen LogP contribution is -2.41. The van der Waals surface area contributed by atoms with Gasteiger partial charge in [-0.1, -0.05) is 30.8 Å². The van der Waals surface area contributed by atoms with Gasteiger partial charge in [0, 0.05) is 7.11 Å². The quantitative estimate of drug-likeness (QED) is 0.858. The molecule has 1 heterocycles. The molecule has 0 spiro atoms. The fourth-order valence-corrected chi connectivity index (χ4v) is 3.41. The Balaban J connectivity index is 1.72. The summed E-state index contributed by atoms with van der Waals surface area (Å²) in [5, 5.41) is 4.16. The summed E-state index contributed by atoms with van der Waals surface area (Å²) in [4.78, 5) is 4.58. The standard InChI is InChI=1S/C15H25N3O2/c1-19-14(7-6-8-14)11-12-17-13(18-20-12)15(16)9-4-2-3-5-10-15/h2-11,16H2,1H3. The van der Waals surface area contributed by atoms with Crippen LogP contribution in [-0.2, 0) is 16.7 Å². The Morgan fingerprint density at radius 1 is 1.10 bits per heavy atom. The molecule has 0 atom stereocenters. The molecule has 1 aromatic rings. The van der Waals surface area contributed by atoms with Gasteiger partial charge in [0.05, 0.1) is 17.6 Å². The van der Waals surface area contributed by atoms with E-state index in [-0.39, 0.29) is 5.60 Å². The normalized spacial score (nSPS) is 24.9. The first-order chi connectivity index (χ1) is 9.66. The molecule has 0 aromatic carbocycles. The van der Waals surface area contributed by atoms with Crippen LogP contribution in [0.1, 0.15) is 69.5 Å². The molecule has 5 nitrogen and oxygen atoms in total. The van der Waals surface area contributed by atoms with Crippen LogP contribution in [0.15, 0.2) is 4.52 Å². The van der Waals surface area contributed by atoms with E-state index in [0.717, 1.165) is 38.5 Å². The van der Waals surface area contributed by atoms with Crippen molar-refractivity contribution in [2.75, 3.05) is 7.11 Å². The van der Waals surface area contributed by atoms with Crippen molar-refractivity contribution in [1.29, 1.82) is 0 Å². The van der Waals surface area contributed by atoms with E-state index >= 15 is 0 Å². The number of methoxy groups -OCH3 is 1. The molecule has 0 unspecified atom stereocenters. The lowest BCUT2D eigenvalue weighted by Gasteiger charge is -2.39. The van der Waals surface area contributed by atoms with E-state index in [1.807, 2.05) is 0 Å². The maximum Gasteiger partial charge on any atom is 0.229 e. The lowest BCUT2D eigenvalue weighted by molar-refractivity contribution is -0.0751. The van der Waals surface area contributed by atoms with E-state index in [9.17, 15) is 0 Å². The van der Waals surface area contributed by atoms with Crippen molar-refractivity contribution in [3.63, 3.8) is 0 Å². The van der Waals surface area contributed by atoms with Crippen molar-refractivity contribution >= 4 is 0 Å². The highest BCUT2D eigenvalue weighted by Gasteiger charge is 2.40. The highest BCUT2D eigenvalue weighted by atomic mass is 16.5. The number of rotatable bonds is 4.